The first-order valence-electron chi connectivity index (χ1n) is 4.12. The van der Waals surface area contributed by atoms with Crippen LogP contribution >= 0.6 is 11.6 Å². The van der Waals surface area contributed by atoms with Gasteiger partial charge in [0, 0.05) is 13.0 Å². The molecule has 4 nitrogen and oxygen atoms in total. The molecule has 0 saturated carbocycles. The Labute approximate surface area is 82.2 Å². The molecular formula is C8H13ClN4. The fourth-order valence-corrected chi connectivity index (χ4v) is 1.21. The summed E-state index contributed by atoms with van der Waals surface area (Å²) in [6, 6.07) is 0. The molecule has 1 aromatic rings. The second kappa shape index (κ2) is 4.28. The average Bonchev–Trinajstić information content (AvgIpc) is 2.35. The van der Waals surface area contributed by atoms with Crippen molar-refractivity contribution in [2.24, 2.45) is 5.73 Å². The van der Waals surface area contributed by atoms with Crippen molar-refractivity contribution in [3.8, 4) is 0 Å². The van der Waals surface area contributed by atoms with Gasteiger partial charge in [-0.25, -0.2) is 0 Å². The number of nitrogens with two attached hydrogens (primary N) is 1. The summed E-state index contributed by atoms with van der Waals surface area (Å²) in [5.74, 6) is 0.218. The van der Waals surface area contributed by atoms with Crippen LogP contribution < -0.4 is 5.73 Å². The molecule has 3 N–H and O–H groups in total. The van der Waals surface area contributed by atoms with Crippen molar-refractivity contribution in [1.82, 2.24) is 9.78 Å². The SMILES string of the molecule is Cc1c(Cl)cnn1CCCC(=N)N. The van der Waals surface area contributed by atoms with Gasteiger partial charge >= 0.3 is 0 Å². The number of amidine groups is 1. The molecule has 1 heterocycles. The Kier molecular flexibility index (Phi) is 3.31. The van der Waals surface area contributed by atoms with Gasteiger partial charge in [-0.05, 0) is 13.3 Å². The Hall–Kier alpha value is -1.03. The number of hydrogen-bond acceptors (Lipinski definition) is 2. The minimum atomic E-state index is 0.218. The molecule has 0 spiro atoms. The zero-order chi connectivity index (χ0) is 9.84. The van der Waals surface area contributed by atoms with Crippen LogP contribution in [-0.2, 0) is 6.54 Å². The van der Waals surface area contributed by atoms with E-state index >= 15 is 0 Å². The molecular weight excluding hydrogens is 188 g/mol. The van der Waals surface area contributed by atoms with Crippen LogP contribution in [0, 0.1) is 12.3 Å². The summed E-state index contributed by atoms with van der Waals surface area (Å²) < 4.78 is 1.82. The van der Waals surface area contributed by atoms with Crippen LogP contribution in [0.2, 0.25) is 5.02 Å². The van der Waals surface area contributed by atoms with Gasteiger partial charge in [0.2, 0.25) is 0 Å². The van der Waals surface area contributed by atoms with Crippen molar-refractivity contribution < 1.29 is 0 Å². The largest absolute Gasteiger partial charge is 0.388 e. The summed E-state index contributed by atoms with van der Waals surface area (Å²) in [6.07, 6.45) is 3.07. The second-order valence-electron chi connectivity index (χ2n) is 2.93. The third-order valence-corrected chi connectivity index (χ3v) is 2.23. The summed E-state index contributed by atoms with van der Waals surface area (Å²) >= 11 is 5.82. The lowest BCUT2D eigenvalue weighted by molar-refractivity contribution is 0.574. The predicted molar refractivity (Wildman–Crippen MR) is 53.1 cm³/mol. The Morgan fingerprint density at radius 2 is 2.46 bits per heavy atom. The third-order valence-electron chi connectivity index (χ3n) is 1.86. The topological polar surface area (TPSA) is 67.7 Å². The van der Waals surface area contributed by atoms with E-state index in [0.29, 0.717) is 11.4 Å². The summed E-state index contributed by atoms with van der Waals surface area (Å²) in [6.45, 7) is 2.68. The van der Waals surface area contributed by atoms with E-state index in [-0.39, 0.29) is 5.84 Å². The first-order chi connectivity index (χ1) is 6.11. The standard InChI is InChI=1S/C8H13ClN4/c1-6-7(9)5-12-13(6)4-2-3-8(10)11/h5H,2-4H2,1H3,(H3,10,11). The highest BCUT2D eigenvalue weighted by Gasteiger charge is 2.02. The Morgan fingerprint density at radius 3 is 2.92 bits per heavy atom. The monoisotopic (exact) mass is 200 g/mol. The van der Waals surface area contributed by atoms with Gasteiger partial charge in [-0.1, -0.05) is 11.6 Å². The Morgan fingerprint density at radius 1 is 1.77 bits per heavy atom. The van der Waals surface area contributed by atoms with Crippen molar-refractivity contribution in [2.75, 3.05) is 0 Å². The number of aromatic nitrogens is 2. The van der Waals surface area contributed by atoms with E-state index in [0.717, 1.165) is 18.7 Å². The van der Waals surface area contributed by atoms with Gasteiger partial charge in [-0.15, -0.1) is 0 Å². The zero-order valence-electron chi connectivity index (χ0n) is 7.55. The summed E-state index contributed by atoms with van der Waals surface area (Å²) in [7, 11) is 0. The maximum atomic E-state index is 7.04. The normalized spacial score (nSPS) is 10.3. The van der Waals surface area contributed by atoms with Gasteiger partial charge in [-0.3, -0.25) is 10.1 Å². The van der Waals surface area contributed by atoms with Gasteiger partial charge in [0.15, 0.2) is 0 Å². The predicted octanol–water partition coefficient (Wildman–Crippen LogP) is 1.56. The lowest BCUT2D eigenvalue weighted by atomic mass is 10.3. The molecule has 0 bridgehead atoms. The lowest BCUT2D eigenvalue weighted by Crippen LogP contribution is -2.11. The summed E-state index contributed by atoms with van der Waals surface area (Å²) in [5, 5.41) is 11.8. The number of nitrogens with zero attached hydrogens (tertiary/aromatic N) is 2. The molecule has 0 atom stereocenters. The molecule has 0 aliphatic heterocycles. The zero-order valence-corrected chi connectivity index (χ0v) is 8.30. The van der Waals surface area contributed by atoms with E-state index in [1.165, 1.54) is 0 Å². The Bertz CT molecular complexity index is 305. The van der Waals surface area contributed by atoms with Crippen LogP contribution in [0.15, 0.2) is 6.20 Å². The molecule has 1 rings (SSSR count). The molecule has 1 aromatic heterocycles. The molecule has 5 heteroatoms. The van der Waals surface area contributed by atoms with Crippen molar-refractivity contribution in [3.05, 3.63) is 16.9 Å². The minimum Gasteiger partial charge on any atom is -0.388 e. The molecule has 0 unspecified atom stereocenters. The first kappa shape index (κ1) is 10.1. The van der Waals surface area contributed by atoms with Crippen LogP contribution in [0.3, 0.4) is 0 Å². The van der Waals surface area contributed by atoms with Crippen LogP contribution in [-0.4, -0.2) is 15.6 Å². The van der Waals surface area contributed by atoms with Crippen molar-refractivity contribution in [1.29, 1.82) is 5.41 Å². The number of halogens is 1. The molecule has 0 fully saturated rings. The minimum absolute atomic E-state index is 0.218. The molecule has 0 aromatic carbocycles. The highest BCUT2D eigenvalue weighted by Crippen LogP contribution is 2.13. The number of rotatable bonds is 4. The summed E-state index contributed by atoms with van der Waals surface area (Å²) in [5.41, 5.74) is 6.19. The molecule has 13 heavy (non-hydrogen) atoms. The van der Waals surface area contributed by atoms with E-state index in [4.69, 9.17) is 22.7 Å². The van der Waals surface area contributed by atoms with Gasteiger partial charge in [0.05, 0.1) is 22.7 Å². The van der Waals surface area contributed by atoms with Gasteiger partial charge < -0.3 is 5.73 Å². The maximum absolute atomic E-state index is 7.04. The summed E-state index contributed by atoms with van der Waals surface area (Å²) in [4.78, 5) is 0. The number of nitrogens with one attached hydrogen (secondary N) is 1. The number of hydrogen-bond donors (Lipinski definition) is 2. The Balaban J connectivity index is 2.45. The van der Waals surface area contributed by atoms with Crippen LogP contribution in [0.5, 0.6) is 0 Å². The average molecular weight is 201 g/mol. The lowest BCUT2D eigenvalue weighted by Gasteiger charge is -2.03. The number of aryl methyl sites for hydroxylation is 1. The van der Waals surface area contributed by atoms with E-state index < -0.39 is 0 Å². The van der Waals surface area contributed by atoms with E-state index in [1.807, 2.05) is 11.6 Å². The van der Waals surface area contributed by atoms with Crippen LogP contribution in [0.25, 0.3) is 0 Å². The van der Waals surface area contributed by atoms with Crippen LogP contribution in [0.1, 0.15) is 18.5 Å². The van der Waals surface area contributed by atoms with E-state index in [1.54, 1.807) is 6.20 Å². The van der Waals surface area contributed by atoms with Crippen molar-refractivity contribution in [2.45, 2.75) is 26.3 Å². The molecule has 72 valence electrons. The highest BCUT2D eigenvalue weighted by molar-refractivity contribution is 6.31. The first-order valence-corrected chi connectivity index (χ1v) is 4.50. The van der Waals surface area contributed by atoms with Crippen molar-refractivity contribution >= 4 is 17.4 Å². The quantitative estimate of drug-likeness (QED) is 0.572. The van der Waals surface area contributed by atoms with E-state index in [9.17, 15) is 0 Å². The van der Waals surface area contributed by atoms with E-state index in [2.05, 4.69) is 5.10 Å². The smallest absolute Gasteiger partial charge is 0.0905 e. The van der Waals surface area contributed by atoms with Crippen LogP contribution in [0.4, 0.5) is 0 Å². The highest BCUT2D eigenvalue weighted by atomic mass is 35.5. The maximum Gasteiger partial charge on any atom is 0.0905 e. The second-order valence-corrected chi connectivity index (χ2v) is 3.34. The van der Waals surface area contributed by atoms with Gasteiger partial charge in [0.1, 0.15) is 0 Å². The molecule has 0 radical (unpaired) electrons. The van der Waals surface area contributed by atoms with Gasteiger partial charge in [0.25, 0.3) is 0 Å². The fourth-order valence-electron chi connectivity index (χ4n) is 1.07. The van der Waals surface area contributed by atoms with Gasteiger partial charge in [-0.2, -0.15) is 5.10 Å². The molecule has 0 aliphatic carbocycles. The van der Waals surface area contributed by atoms with Crippen molar-refractivity contribution in [3.63, 3.8) is 0 Å². The third kappa shape index (κ3) is 2.73. The molecule has 0 aliphatic rings. The molecule has 0 saturated heterocycles. The fraction of sp³-hybridized carbons (Fsp3) is 0.500. The molecule has 0 amide bonds.